The molecule has 116 valence electrons. The fourth-order valence-corrected chi connectivity index (χ4v) is 0. The van der Waals surface area contributed by atoms with Gasteiger partial charge in [-0.05, 0) is 0 Å². The standard InChI is InChI=1S/CH2S.6Mo.2S2.5H2S/c1-2;;;;;;;2*1-2;;;;;/h1H2;;;;;;;;;5*1H2/q-2;;;;;;+2;2*-2;;;;;/p-5. The fraction of sp³-hybridized carbons (Fsp3) is 0. The van der Waals surface area contributed by atoms with Crippen molar-refractivity contribution in [1.29, 1.82) is 0 Å². The summed E-state index contributed by atoms with van der Waals surface area (Å²) in [5.74, 6) is 0. The van der Waals surface area contributed by atoms with E-state index in [0.717, 1.165) is 0 Å². The normalized spacial score (nSPS) is 1.06. The van der Waals surface area contributed by atoms with Crippen molar-refractivity contribution >= 4 is 127 Å². The number of hydrogen-bond acceptors (Lipinski definition) is 10. The van der Waals surface area contributed by atoms with E-state index >= 15 is 0 Å². The third kappa shape index (κ3) is 190. The third-order valence-corrected chi connectivity index (χ3v) is 0. The maximum absolute atomic E-state index is 3.83. The van der Waals surface area contributed by atoms with Crippen LogP contribution in [0.2, 0.25) is 0 Å². The monoisotopic (exact) mass is 926 g/mol. The van der Waals surface area contributed by atoms with Gasteiger partial charge in [0.25, 0.3) is 0 Å². The molecule has 0 atom stereocenters. The molecule has 0 aliphatic heterocycles. The summed E-state index contributed by atoms with van der Waals surface area (Å²) in [5, 5.41) is 0. The second-order valence-corrected chi connectivity index (χ2v) is 0. The van der Waals surface area contributed by atoms with Gasteiger partial charge in [0.1, 0.15) is 0 Å². The quantitative estimate of drug-likeness (QED) is 0.0969. The predicted octanol–water partition coefficient (Wildman–Crippen LogP) is -1.05. The third-order valence-electron chi connectivity index (χ3n) is 0. The summed E-state index contributed by atoms with van der Waals surface area (Å²) in [7, 11) is 0. The van der Waals surface area contributed by atoms with Crippen LogP contribution >= 0.6 is 0 Å². The summed E-state index contributed by atoms with van der Waals surface area (Å²) >= 11 is 18.5. The van der Waals surface area contributed by atoms with Crippen LogP contribution in [-0.4, -0.2) is 0 Å². The maximum Gasteiger partial charge on any atom is 2.00 e. The minimum Gasteiger partial charge on any atom is -1.02 e. The molecule has 0 aromatic rings. The van der Waals surface area contributed by atoms with Crippen molar-refractivity contribution in [3.63, 3.8) is 0 Å². The second kappa shape index (κ2) is 208. The van der Waals surface area contributed by atoms with Gasteiger partial charge >= 0.3 is 21.1 Å². The smallest absolute Gasteiger partial charge is 1.02 e. The molecule has 0 fully saturated rings. The van der Waals surface area contributed by atoms with E-state index in [0.29, 0.717) is 0 Å². The Morgan fingerprint density at radius 3 is 0.412 bits per heavy atom. The molecule has 16 heteroatoms. The van der Waals surface area contributed by atoms with Crippen molar-refractivity contribution in [2.75, 3.05) is 0 Å². The van der Waals surface area contributed by atoms with Crippen LogP contribution in [0.4, 0.5) is 0 Å². The van der Waals surface area contributed by atoms with Crippen LogP contribution in [0.1, 0.15) is 0 Å². The second-order valence-electron chi connectivity index (χ2n) is 0. The van der Waals surface area contributed by atoms with Crippen molar-refractivity contribution in [1.82, 2.24) is 0 Å². The molecule has 0 aliphatic carbocycles. The molecule has 0 aliphatic rings. The van der Waals surface area contributed by atoms with Crippen LogP contribution in [0.15, 0.2) is 0 Å². The Kier molecular flexibility index (Phi) is 1490. The molecule has 0 radical (unpaired) electrons. The minimum absolute atomic E-state index is 0. The van der Waals surface area contributed by atoms with Crippen molar-refractivity contribution in [2.24, 2.45) is 0 Å². The SMILES string of the molecule is [CH2-][S-].[Mo+2].[Mo].[Mo].[Mo].[Mo].[Mo].[S-][S-].[S-][S-].[SH-].[SH-].[SH-].[SH-].[SH-]. The van der Waals surface area contributed by atoms with E-state index in [1.807, 2.05) is 0 Å². The maximum atomic E-state index is 3.83. The molecule has 0 rings (SSSR count). The molecule has 0 unspecified atom stereocenters. The van der Waals surface area contributed by atoms with Gasteiger partial charge in [0.05, 0.1) is 0 Å². The average Bonchev–Trinajstić information content (AvgIpc) is 1.81. The zero-order valence-corrected chi connectivity index (χ0v) is 28.0. The Morgan fingerprint density at radius 1 is 0.412 bits per heavy atom. The molecule has 0 bridgehead atoms. The first-order valence-corrected chi connectivity index (χ1v) is 3.87. The van der Waals surface area contributed by atoms with Gasteiger partial charge in [-0.15, -0.1) is 0 Å². The largest absolute Gasteiger partial charge is 2.00 e. The van der Waals surface area contributed by atoms with E-state index < -0.39 is 0 Å². The van der Waals surface area contributed by atoms with Gasteiger partial charge in [-0.1, -0.05) is 0 Å². The fourth-order valence-electron chi connectivity index (χ4n) is 0. The summed E-state index contributed by atoms with van der Waals surface area (Å²) in [6, 6.07) is 0. The van der Waals surface area contributed by atoms with Crippen LogP contribution in [0.5, 0.6) is 0 Å². The van der Waals surface area contributed by atoms with Gasteiger partial charge in [0.15, 0.2) is 0 Å². The van der Waals surface area contributed by atoms with Crippen molar-refractivity contribution in [2.45, 2.75) is 0 Å². The number of rotatable bonds is 0. The van der Waals surface area contributed by atoms with Crippen molar-refractivity contribution in [3.8, 4) is 0 Å². The Balaban J connectivity index is -0.000000000500. The van der Waals surface area contributed by atoms with Crippen LogP contribution in [0.3, 0.4) is 0 Å². The van der Waals surface area contributed by atoms with Gasteiger partial charge in [0.2, 0.25) is 0 Å². The molecule has 0 heterocycles. The molecule has 0 nitrogen and oxygen atoms in total. The van der Waals surface area contributed by atoms with E-state index in [9.17, 15) is 0 Å². The van der Waals surface area contributed by atoms with Crippen molar-refractivity contribution in [3.05, 3.63) is 6.26 Å². The molecule has 17 heavy (non-hydrogen) atoms. The van der Waals surface area contributed by atoms with Crippen molar-refractivity contribution < 1.29 is 126 Å². The van der Waals surface area contributed by atoms with E-state index in [4.69, 9.17) is 0 Å². The van der Waals surface area contributed by atoms with E-state index in [1.54, 1.807) is 0 Å². The summed E-state index contributed by atoms with van der Waals surface area (Å²) in [6.07, 6.45) is 2.83. The van der Waals surface area contributed by atoms with E-state index in [2.05, 4.69) is 65.5 Å². The number of thiol groups is 5. The summed E-state index contributed by atoms with van der Waals surface area (Å²) in [4.78, 5) is 0. The zero-order chi connectivity index (χ0) is 6.00. The molecule has 0 saturated heterocycles. The molecule has 0 saturated carbocycles. The zero-order valence-electron chi connectivity index (χ0n) is 7.43. The van der Waals surface area contributed by atoms with E-state index in [-0.39, 0.29) is 194 Å². The molecule has 0 N–H and O–H groups in total. The topological polar surface area (TPSA) is 0 Å². The molecule has 0 aromatic carbocycles. The van der Waals surface area contributed by atoms with Gasteiger partial charge in [-0.2, -0.15) is 0 Å². The summed E-state index contributed by atoms with van der Waals surface area (Å²) in [5.41, 5.74) is 0. The molecule has 0 amide bonds. The first kappa shape index (κ1) is 122. The Morgan fingerprint density at radius 2 is 0.412 bits per heavy atom. The minimum atomic E-state index is 0. The first-order valence-electron chi connectivity index (χ1n) is 0.622. The van der Waals surface area contributed by atoms with E-state index in [1.165, 1.54) is 0 Å². The summed E-state index contributed by atoms with van der Waals surface area (Å²) < 4.78 is 0. The van der Waals surface area contributed by atoms with Gasteiger partial charge < -0.3 is 133 Å². The summed E-state index contributed by atoms with van der Waals surface area (Å²) in [6.45, 7) is 0. The Labute approximate surface area is 254 Å². The number of hydrogen-bond donors (Lipinski definition) is 0. The van der Waals surface area contributed by atoms with Crippen LogP contribution in [0, 0.1) is 6.26 Å². The Bertz CT molecular complexity index is 20.8. The first-order chi connectivity index (χ1) is 3.00. The predicted molar refractivity (Wildman–Crippen MR) is 86.0 cm³/mol. The van der Waals surface area contributed by atoms with Crippen LogP contribution < -0.4 is 0 Å². The average molecular weight is 915 g/mol. The van der Waals surface area contributed by atoms with Gasteiger partial charge in [-0.25, -0.2) is 0 Å². The Hall–Kier alpha value is 7.63. The molecule has 0 spiro atoms. The van der Waals surface area contributed by atoms with Crippen LogP contribution in [0.25, 0.3) is 0 Å². The molecular weight excluding hydrogens is 908 g/mol. The van der Waals surface area contributed by atoms with Gasteiger partial charge in [0, 0.05) is 105 Å². The van der Waals surface area contributed by atoms with Gasteiger partial charge in [-0.3, -0.25) is 0 Å². The molecular formula is CH7Mo6S10-9. The van der Waals surface area contributed by atoms with Crippen LogP contribution in [-0.2, 0) is 253 Å². The molecule has 0 aromatic heterocycles.